The molecular weight excluding hydrogens is 390 g/mol. The molecule has 31 heavy (non-hydrogen) atoms. The lowest BCUT2D eigenvalue weighted by molar-refractivity contribution is -0.133. The summed E-state index contributed by atoms with van der Waals surface area (Å²) in [6, 6.07) is 8.63. The Morgan fingerprint density at radius 3 is 2.55 bits per heavy atom. The summed E-state index contributed by atoms with van der Waals surface area (Å²) >= 11 is 0. The van der Waals surface area contributed by atoms with Crippen molar-refractivity contribution in [3.8, 4) is 0 Å². The van der Waals surface area contributed by atoms with Crippen LogP contribution in [0.5, 0.6) is 0 Å². The maximum absolute atomic E-state index is 13.5. The molecule has 1 fully saturated rings. The standard InChI is InChI=1S/C24H33N5O2/c1-16(2)25-14-20(18-6-4-17(3)5-7-18)24(31)29-12-10-28(11-13-29)23-19-8-9-21(30)22(19)26-15-27-23/h4-7,15-16,20-21,25,30H,8-14H2,1-3H3. The van der Waals surface area contributed by atoms with Crippen molar-refractivity contribution in [2.75, 3.05) is 37.6 Å². The van der Waals surface area contributed by atoms with Crippen molar-refractivity contribution >= 4 is 11.7 Å². The van der Waals surface area contributed by atoms with Gasteiger partial charge in [-0.3, -0.25) is 4.79 Å². The van der Waals surface area contributed by atoms with Crippen molar-refractivity contribution in [2.45, 2.75) is 51.7 Å². The highest BCUT2D eigenvalue weighted by molar-refractivity contribution is 5.84. The third-order valence-corrected chi connectivity index (χ3v) is 6.34. The number of piperazine rings is 1. The number of hydrogen-bond acceptors (Lipinski definition) is 6. The van der Waals surface area contributed by atoms with Crippen LogP contribution < -0.4 is 10.2 Å². The van der Waals surface area contributed by atoms with Gasteiger partial charge in [-0.05, 0) is 25.3 Å². The highest BCUT2D eigenvalue weighted by Gasteiger charge is 2.32. The number of fused-ring (bicyclic) bond motifs is 1. The number of amides is 1. The lowest BCUT2D eigenvalue weighted by Crippen LogP contribution is -2.51. The largest absolute Gasteiger partial charge is 0.387 e. The number of rotatable bonds is 6. The summed E-state index contributed by atoms with van der Waals surface area (Å²) in [6.45, 7) is 9.73. The number of nitrogens with zero attached hydrogens (tertiary/aromatic N) is 4. The zero-order valence-corrected chi connectivity index (χ0v) is 18.7. The van der Waals surface area contributed by atoms with E-state index in [9.17, 15) is 9.90 Å². The molecule has 1 aliphatic carbocycles. The zero-order valence-electron chi connectivity index (χ0n) is 18.7. The Morgan fingerprint density at radius 1 is 1.16 bits per heavy atom. The number of nitrogens with one attached hydrogen (secondary N) is 1. The van der Waals surface area contributed by atoms with E-state index in [0.29, 0.717) is 32.1 Å². The van der Waals surface area contributed by atoms with Gasteiger partial charge >= 0.3 is 0 Å². The first-order valence-electron chi connectivity index (χ1n) is 11.3. The molecule has 7 nitrogen and oxygen atoms in total. The number of anilines is 1. The molecule has 2 atom stereocenters. The molecule has 1 aromatic heterocycles. The highest BCUT2D eigenvalue weighted by Crippen LogP contribution is 2.34. The average molecular weight is 424 g/mol. The number of benzene rings is 1. The molecule has 0 spiro atoms. The SMILES string of the molecule is Cc1ccc(C(CNC(C)C)C(=O)N2CCN(c3ncnc4c3CCC4O)CC2)cc1. The number of aryl methyl sites for hydroxylation is 1. The maximum Gasteiger partial charge on any atom is 0.231 e. The van der Waals surface area contributed by atoms with Gasteiger partial charge in [-0.1, -0.05) is 43.7 Å². The minimum absolute atomic E-state index is 0.181. The Morgan fingerprint density at radius 2 is 1.87 bits per heavy atom. The van der Waals surface area contributed by atoms with Gasteiger partial charge in [0.1, 0.15) is 12.1 Å². The summed E-state index contributed by atoms with van der Waals surface area (Å²) in [5.41, 5.74) is 4.09. The number of aliphatic hydroxyl groups excluding tert-OH is 1. The maximum atomic E-state index is 13.5. The van der Waals surface area contributed by atoms with Crippen LogP contribution >= 0.6 is 0 Å². The van der Waals surface area contributed by atoms with E-state index in [1.54, 1.807) is 6.33 Å². The van der Waals surface area contributed by atoms with E-state index in [2.05, 4.69) is 65.2 Å². The third kappa shape index (κ3) is 4.72. The van der Waals surface area contributed by atoms with E-state index in [0.717, 1.165) is 42.1 Å². The molecule has 4 rings (SSSR count). The van der Waals surface area contributed by atoms with Crippen LogP contribution in [0.15, 0.2) is 30.6 Å². The van der Waals surface area contributed by atoms with E-state index in [4.69, 9.17) is 0 Å². The van der Waals surface area contributed by atoms with Crippen LogP contribution in [0.3, 0.4) is 0 Å². The minimum atomic E-state index is -0.483. The van der Waals surface area contributed by atoms with Gasteiger partial charge in [0.05, 0.1) is 17.7 Å². The van der Waals surface area contributed by atoms with Crippen LogP contribution in [-0.4, -0.2) is 64.6 Å². The number of carbonyl (C=O) groups excluding carboxylic acids is 1. The molecule has 2 heterocycles. The van der Waals surface area contributed by atoms with Gasteiger partial charge in [-0.25, -0.2) is 9.97 Å². The van der Waals surface area contributed by atoms with Crippen LogP contribution in [0.4, 0.5) is 5.82 Å². The van der Waals surface area contributed by atoms with Crippen molar-refractivity contribution in [2.24, 2.45) is 0 Å². The predicted octanol–water partition coefficient (Wildman–Crippen LogP) is 2.20. The van der Waals surface area contributed by atoms with Crippen molar-refractivity contribution in [3.05, 3.63) is 53.0 Å². The summed E-state index contributed by atoms with van der Waals surface area (Å²) in [6.07, 6.45) is 2.58. The monoisotopic (exact) mass is 423 g/mol. The molecule has 0 bridgehead atoms. The fraction of sp³-hybridized carbons (Fsp3) is 0.542. The van der Waals surface area contributed by atoms with E-state index in [1.165, 1.54) is 5.56 Å². The average Bonchev–Trinajstić information content (AvgIpc) is 3.16. The van der Waals surface area contributed by atoms with E-state index in [1.807, 2.05) is 4.90 Å². The normalized spacial score (nSPS) is 19.6. The van der Waals surface area contributed by atoms with Gasteiger partial charge in [-0.15, -0.1) is 0 Å². The molecule has 0 radical (unpaired) electrons. The smallest absolute Gasteiger partial charge is 0.231 e. The summed E-state index contributed by atoms with van der Waals surface area (Å²) in [4.78, 5) is 26.5. The Hall–Kier alpha value is -2.51. The fourth-order valence-electron chi connectivity index (χ4n) is 4.49. The van der Waals surface area contributed by atoms with Crippen LogP contribution in [0.25, 0.3) is 0 Å². The summed E-state index contributed by atoms with van der Waals surface area (Å²) in [5, 5.41) is 13.6. The molecule has 0 saturated carbocycles. The van der Waals surface area contributed by atoms with Gasteiger partial charge in [-0.2, -0.15) is 0 Å². The number of aromatic nitrogens is 2. The van der Waals surface area contributed by atoms with Crippen molar-refractivity contribution in [3.63, 3.8) is 0 Å². The Bertz CT molecular complexity index is 907. The second-order valence-electron chi connectivity index (χ2n) is 8.95. The number of hydrogen-bond donors (Lipinski definition) is 2. The molecule has 2 aromatic rings. The van der Waals surface area contributed by atoms with Crippen LogP contribution in [-0.2, 0) is 11.2 Å². The van der Waals surface area contributed by atoms with Gasteiger partial charge in [0.25, 0.3) is 0 Å². The number of aliphatic hydroxyl groups is 1. The van der Waals surface area contributed by atoms with Crippen LogP contribution in [0.2, 0.25) is 0 Å². The van der Waals surface area contributed by atoms with Gasteiger partial charge in [0, 0.05) is 44.3 Å². The van der Waals surface area contributed by atoms with Crippen molar-refractivity contribution in [1.82, 2.24) is 20.2 Å². The minimum Gasteiger partial charge on any atom is -0.387 e. The zero-order chi connectivity index (χ0) is 22.0. The van der Waals surface area contributed by atoms with Gasteiger partial charge < -0.3 is 20.2 Å². The molecule has 2 aliphatic rings. The molecule has 2 N–H and O–H groups in total. The predicted molar refractivity (Wildman–Crippen MR) is 121 cm³/mol. The van der Waals surface area contributed by atoms with Crippen LogP contribution in [0.1, 0.15) is 54.7 Å². The van der Waals surface area contributed by atoms with Gasteiger partial charge in [0.15, 0.2) is 0 Å². The first-order chi connectivity index (χ1) is 14.9. The summed E-state index contributed by atoms with van der Waals surface area (Å²) in [5.74, 6) is 0.915. The van der Waals surface area contributed by atoms with Gasteiger partial charge in [0.2, 0.25) is 5.91 Å². The summed E-state index contributed by atoms with van der Waals surface area (Å²) < 4.78 is 0. The van der Waals surface area contributed by atoms with Crippen molar-refractivity contribution < 1.29 is 9.90 Å². The Balaban J connectivity index is 1.45. The molecule has 1 aliphatic heterocycles. The number of carbonyl (C=O) groups is 1. The molecular formula is C24H33N5O2. The first-order valence-corrected chi connectivity index (χ1v) is 11.3. The second kappa shape index (κ2) is 9.32. The van der Waals surface area contributed by atoms with E-state index in [-0.39, 0.29) is 11.8 Å². The topological polar surface area (TPSA) is 81.6 Å². The third-order valence-electron chi connectivity index (χ3n) is 6.34. The molecule has 7 heteroatoms. The first kappa shape index (κ1) is 21.7. The lowest BCUT2D eigenvalue weighted by Gasteiger charge is -2.37. The Kier molecular flexibility index (Phi) is 6.53. The van der Waals surface area contributed by atoms with Crippen LogP contribution in [0, 0.1) is 6.92 Å². The van der Waals surface area contributed by atoms with Crippen molar-refractivity contribution in [1.29, 1.82) is 0 Å². The molecule has 1 aromatic carbocycles. The second-order valence-corrected chi connectivity index (χ2v) is 8.95. The quantitative estimate of drug-likeness (QED) is 0.741. The molecule has 1 saturated heterocycles. The lowest BCUT2D eigenvalue weighted by atomic mass is 9.95. The van der Waals surface area contributed by atoms with E-state index < -0.39 is 6.10 Å². The Labute approximate surface area is 184 Å². The summed E-state index contributed by atoms with van der Waals surface area (Å²) in [7, 11) is 0. The fourth-order valence-corrected chi connectivity index (χ4v) is 4.49. The molecule has 1 amide bonds. The molecule has 166 valence electrons. The van der Waals surface area contributed by atoms with E-state index >= 15 is 0 Å². The highest BCUT2D eigenvalue weighted by atomic mass is 16.3. The molecule has 2 unspecified atom stereocenters.